The zero-order valence-electron chi connectivity index (χ0n) is 9.20. The Bertz CT molecular complexity index is 303. The molecule has 2 rings (SSSR count). The molecule has 0 nitrogen and oxygen atoms in total. The maximum absolute atomic E-state index is 2.96. The first-order valence-corrected chi connectivity index (χ1v) is 4.64. The van der Waals surface area contributed by atoms with E-state index in [0.717, 1.165) is 0 Å². The molecule has 0 aliphatic rings. The van der Waals surface area contributed by atoms with Gasteiger partial charge in [0.25, 0.3) is 0 Å². The summed E-state index contributed by atoms with van der Waals surface area (Å²) in [5.41, 5.74) is 2.53. The minimum atomic E-state index is 0. The van der Waals surface area contributed by atoms with Crippen LogP contribution in [0.3, 0.4) is 0 Å². The number of hydrogen-bond acceptors (Lipinski definition) is 0. The van der Waals surface area contributed by atoms with Gasteiger partial charge in [-0.3, -0.25) is 0 Å². The van der Waals surface area contributed by atoms with E-state index in [2.05, 4.69) is 38.1 Å². The Hall–Kier alpha value is -0.456. The SMILES string of the molecule is Cc1c[c-]ccc1.Cc1c[c-]ccc1.[Y]. The largest absolute Gasteiger partial charge is 0.184 e. The molecule has 0 unspecified atom stereocenters. The number of benzene rings is 2. The average molecular weight is 271 g/mol. The molecule has 15 heavy (non-hydrogen) atoms. The third kappa shape index (κ3) is 7.47. The van der Waals surface area contributed by atoms with Gasteiger partial charge in [-0.1, -0.05) is 13.8 Å². The van der Waals surface area contributed by atoms with Crippen LogP contribution in [0.25, 0.3) is 0 Å². The van der Waals surface area contributed by atoms with Gasteiger partial charge in [0.15, 0.2) is 0 Å². The van der Waals surface area contributed by atoms with Crippen LogP contribution in [-0.4, -0.2) is 0 Å². The van der Waals surface area contributed by atoms with Gasteiger partial charge in [-0.25, -0.2) is 0 Å². The first kappa shape index (κ1) is 14.5. The standard InChI is InChI=1S/2C7H7.Y/c2*1-7-5-3-2-4-6-7;/h2*2-3,5-6H,1H3;/q2*-1;. The first-order valence-electron chi connectivity index (χ1n) is 4.64. The Morgan fingerprint density at radius 1 is 0.800 bits per heavy atom. The van der Waals surface area contributed by atoms with Crippen molar-refractivity contribution in [1.82, 2.24) is 0 Å². The van der Waals surface area contributed by atoms with Gasteiger partial charge in [-0.15, -0.1) is 0 Å². The zero-order valence-corrected chi connectivity index (χ0v) is 12.0. The Balaban J connectivity index is 0.000000245. The molecule has 0 spiro atoms. The van der Waals surface area contributed by atoms with E-state index in [1.54, 1.807) is 0 Å². The summed E-state index contributed by atoms with van der Waals surface area (Å²) in [7, 11) is 0. The molecule has 0 saturated carbocycles. The zero-order chi connectivity index (χ0) is 10.2. The molecule has 0 saturated heterocycles. The van der Waals surface area contributed by atoms with E-state index in [1.165, 1.54) is 11.1 Å². The molecule has 75 valence electrons. The number of aryl methyl sites for hydroxylation is 2. The van der Waals surface area contributed by atoms with Crippen molar-refractivity contribution in [3.05, 3.63) is 71.8 Å². The topological polar surface area (TPSA) is 0 Å². The van der Waals surface area contributed by atoms with Crippen LogP contribution < -0.4 is 0 Å². The van der Waals surface area contributed by atoms with Gasteiger partial charge in [0.05, 0.1) is 0 Å². The van der Waals surface area contributed by atoms with Crippen molar-refractivity contribution < 1.29 is 32.7 Å². The van der Waals surface area contributed by atoms with Crippen molar-refractivity contribution in [2.24, 2.45) is 0 Å². The smallest absolute Gasteiger partial charge is 0 e. The summed E-state index contributed by atoms with van der Waals surface area (Å²) in [5.74, 6) is 0. The van der Waals surface area contributed by atoms with Crippen molar-refractivity contribution in [3.8, 4) is 0 Å². The summed E-state index contributed by atoms with van der Waals surface area (Å²) in [6, 6.07) is 21.7. The summed E-state index contributed by atoms with van der Waals surface area (Å²) in [6.45, 7) is 4.10. The predicted octanol–water partition coefficient (Wildman–Crippen LogP) is 3.59. The number of hydrogen-bond donors (Lipinski definition) is 0. The van der Waals surface area contributed by atoms with E-state index in [0.29, 0.717) is 0 Å². The molecular formula is C14H14Y-2. The summed E-state index contributed by atoms with van der Waals surface area (Å²) in [4.78, 5) is 0. The van der Waals surface area contributed by atoms with E-state index in [-0.39, 0.29) is 32.7 Å². The van der Waals surface area contributed by atoms with Crippen LogP contribution >= 0.6 is 0 Å². The fraction of sp³-hybridized carbons (Fsp3) is 0.143. The molecule has 0 atom stereocenters. The first-order chi connectivity index (χ1) is 6.79. The second-order valence-corrected chi connectivity index (χ2v) is 3.16. The van der Waals surface area contributed by atoms with Crippen LogP contribution in [0.5, 0.6) is 0 Å². The molecule has 0 N–H and O–H groups in total. The molecular weight excluding hydrogens is 257 g/mol. The van der Waals surface area contributed by atoms with Crippen LogP contribution in [0.4, 0.5) is 0 Å². The van der Waals surface area contributed by atoms with Crippen molar-refractivity contribution in [2.45, 2.75) is 13.8 Å². The molecule has 0 aliphatic heterocycles. The maximum Gasteiger partial charge on any atom is 0 e. The molecule has 2 aromatic rings. The molecule has 2 aromatic carbocycles. The Morgan fingerprint density at radius 3 is 1.33 bits per heavy atom. The predicted molar refractivity (Wildman–Crippen MR) is 60.0 cm³/mol. The average Bonchev–Trinajstić information content (AvgIpc) is 2.21. The molecule has 0 aromatic heterocycles. The van der Waals surface area contributed by atoms with Crippen molar-refractivity contribution >= 4 is 0 Å². The van der Waals surface area contributed by atoms with Crippen molar-refractivity contribution in [2.75, 3.05) is 0 Å². The molecule has 0 aliphatic carbocycles. The van der Waals surface area contributed by atoms with Gasteiger partial charge < -0.3 is 0 Å². The van der Waals surface area contributed by atoms with Gasteiger partial charge in [-0.2, -0.15) is 71.8 Å². The van der Waals surface area contributed by atoms with Crippen LogP contribution in [0, 0.1) is 26.0 Å². The van der Waals surface area contributed by atoms with E-state index < -0.39 is 0 Å². The van der Waals surface area contributed by atoms with Crippen LogP contribution in [0.2, 0.25) is 0 Å². The Labute approximate surface area is 118 Å². The molecule has 1 heteroatoms. The normalized spacial score (nSPS) is 8.13. The van der Waals surface area contributed by atoms with Crippen LogP contribution in [0.1, 0.15) is 11.1 Å². The summed E-state index contributed by atoms with van der Waals surface area (Å²) in [5, 5.41) is 0. The second kappa shape index (κ2) is 8.82. The van der Waals surface area contributed by atoms with E-state index in [4.69, 9.17) is 0 Å². The third-order valence-corrected chi connectivity index (χ3v) is 1.73. The van der Waals surface area contributed by atoms with E-state index in [1.807, 2.05) is 36.4 Å². The van der Waals surface area contributed by atoms with Crippen LogP contribution in [-0.2, 0) is 32.7 Å². The molecule has 0 fully saturated rings. The van der Waals surface area contributed by atoms with E-state index >= 15 is 0 Å². The molecule has 0 bridgehead atoms. The monoisotopic (exact) mass is 271 g/mol. The van der Waals surface area contributed by atoms with Crippen molar-refractivity contribution in [3.63, 3.8) is 0 Å². The Kier molecular flexibility index (Phi) is 8.55. The van der Waals surface area contributed by atoms with Crippen molar-refractivity contribution in [1.29, 1.82) is 0 Å². The fourth-order valence-corrected chi connectivity index (χ4v) is 0.966. The molecule has 0 amide bonds. The molecule has 0 heterocycles. The van der Waals surface area contributed by atoms with Gasteiger partial charge >= 0.3 is 0 Å². The van der Waals surface area contributed by atoms with Gasteiger partial charge in [0.2, 0.25) is 0 Å². The second-order valence-electron chi connectivity index (χ2n) is 3.16. The van der Waals surface area contributed by atoms with Gasteiger partial charge in [-0.05, 0) is 0 Å². The summed E-state index contributed by atoms with van der Waals surface area (Å²) < 4.78 is 0. The summed E-state index contributed by atoms with van der Waals surface area (Å²) in [6.07, 6.45) is 0. The minimum Gasteiger partial charge on any atom is -0.184 e. The summed E-state index contributed by atoms with van der Waals surface area (Å²) >= 11 is 0. The third-order valence-electron chi connectivity index (χ3n) is 1.73. The van der Waals surface area contributed by atoms with Gasteiger partial charge in [0.1, 0.15) is 0 Å². The minimum absolute atomic E-state index is 0. The fourth-order valence-electron chi connectivity index (χ4n) is 0.966. The van der Waals surface area contributed by atoms with Crippen LogP contribution in [0.15, 0.2) is 48.5 Å². The number of rotatable bonds is 0. The quantitative estimate of drug-likeness (QED) is 0.642. The maximum atomic E-state index is 2.96. The Morgan fingerprint density at radius 2 is 1.20 bits per heavy atom. The van der Waals surface area contributed by atoms with E-state index in [9.17, 15) is 0 Å². The molecule has 1 radical (unpaired) electrons. The van der Waals surface area contributed by atoms with Gasteiger partial charge in [0, 0.05) is 32.7 Å².